The maximum Gasteiger partial charge on any atom is 0.164 e. The van der Waals surface area contributed by atoms with E-state index in [4.69, 9.17) is 0 Å². The van der Waals surface area contributed by atoms with Crippen LogP contribution in [0.15, 0.2) is 18.5 Å². The smallest absolute Gasteiger partial charge is 0.164 e. The summed E-state index contributed by atoms with van der Waals surface area (Å²) in [4.78, 5) is 5.73. The van der Waals surface area contributed by atoms with Gasteiger partial charge >= 0.3 is 0 Å². The van der Waals surface area contributed by atoms with Crippen LogP contribution in [0.1, 0.15) is 26.2 Å². The molecular weight excluding hydrogens is 231 g/mol. The van der Waals surface area contributed by atoms with Gasteiger partial charge in [-0.3, -0.25) is 4.98 Å². The molecule has 3 nitrogen and oxygen atoms in total. The molecule has 1 aromatic rings. The van der Waals surface area contributed by atoms with Gasteiger partial charge in [0, 0.05) is 25.2 Å². The fourth-order valence-corrected chi connectivity index (χ4v) is 3.26. The molecule has 2 atom stereocenters. The van der Waals surface area contributed by atoms with E-state index in [1.807, 2.05) is 4.90 Å². The second kappa shape index (κ2) is 4.19. The van der Waals surface area contributed by atoms with E-state index in [1.54, 1.807) is 12.3 Å². The monoisotopic (exact) mass is 250 g/mol. The summed E-state index contributed by atoms with van der Waals surface area (Å²) in [5.41, 5.74) is -0.0828. The predicted octanol–water partition coefficient (Wildman–Crippen LogP) is 2.21. The highest BCUT2D eigenvalue weighted by atomic mass is 19.1. The average molecular weight is 250 g/mol. The largest absolute Gasteiger partial charge is 0.387 e. The second-order valence-corrected chi connectivity index (χ2v) is 5.73. The third kappa shape index (κ3) is 1.70. The van der Waals surface area contributed by atoms with E-state index in [1.165, 1.54) is 12.6 Å². The van der Waals surface area contributed by atoms with E-state index >= 15 is 0 Å². The number of hydrogen-bond acceptors (Lipinski definition) is 3. The quantitative estimate of drug-likeness (QED) is 0.874. The van der Waals surface area contributed by atoms with Crippen molar-refractivity contribution in [3.05, 3.63) is 24.3 Å². The predicted molar refractivity (Wildman–Crippen MR) is 67.9 cm³/mol. The van der Waals surface area contributed by atoms with Crippen LogP contribution in [0.4, 0.5) is 10.1 Å². The highest BCUT2D eigenvalue weighted by Crippen LogP contribution is 2.45. The fraction of sp³-hybridized carbons (Fsp3) is 0.643. The molecule has 1 aliphatic heterocycles. The molecule has 2 fully saturated rings. The number of halogens is 1. The van der Waals surface area contributed by atoms with Gasteiger partial charge in [0.05, 0.1) is 17.5 Å². The van der Waals surface area contributed by atoms with E-state index < -0.39 is 5.60 Å². The molecule has 4 heteroatoms. The Hall–Kier alpha value is -1.16. The topological polar surface area (TPSA) is 36.4 Å². The van der Waals surface area contributed by atoms with Crippen LogP contribution in [0, 0.1) is 17.7 Å². The lowest BCUT2D eigenvalue weighted by Crippen LogP contribution is -2.47. The van der Waals surface area contributed by atoms with Crippen LogP contribution in [-0.2, 0) is 0 Å². The fourth-order valence-electron chi connectivity index (χ4n) is 3.26. The van der Waals surface area contributed by atoms with Crippen LogP contribution in [0.2, 0.25) is 0 Å². The van der Waals surface area contributed by atoms with Gasteiger partial charge in [-0.25, -0.2) is 4.39 Å². The number of aliphatic hydroxyl groups is 1. The minimum absolute atomic E-state index is 0.190. The first-order chi connectivity index (χ1) is 8.61. The number of hydrogen-bond donors (Lipinski definition) is 1. The summed E-state index contributed by atoms with van der Waals surface area (Å²) >= 11 is 0. The lowest BCUT2D eigenvalue weighted by atomic mass is 9.69. The molecule has 0 bridgehead atoms. The number of nitrogens with zero attached hydrogens (tertiary/aromatic N) is 2. The highest BCUT2D eigenvalue weighted by Gasteiger charge is 2.50. The first-order valence-corrected chi connectivity index (χ1v) is 6.68. The molecule has 1 N–H and O–H groups in total. The van der Waals surface area contributed by atoms with E-state index in [0.717, 1.165) is 12.8 Å². The van der Waals surface area contributed by atoms with Crippen molar-refractivity contribution in [2.45, 2.75) is 31.8 Å². The van der Waals surface area contributed by atoms with Crippen LogP contribution in [0.5, 0.6) is 0 Å². The second-order valence-electron chi connectivity index (χ2n) is 5.73. The Labute approximate surface area is 107 Å². The van der Waals surface area contributed by atoms with E-state index in [0.29, 0.717) is 24.7 Å². The van der Waals surface area contributed by atoms with Gasteiger partial charge in [0.1, 0.15) is 0 Å². The molecule has 0 unspecified atom stereocenters. The maximum atomic E-state index is 13.7. The molecular formula is C14H19FN2O. The Morgan fingerprint density at radius 3 is 2.89 bits per heavy atom. The highest BCUT2D eigenvalue weighted by molar-refractivity contribution is 5.48. The molecule has 1 aromatic heterocycles. The van der Waals surface area contributed by atoms with Crippen LogP contribution in [0.3, 0.4) is 0 Å². The molecule has 0 spiro atoms. The van der Waals surface area contributed by atoms with Crippen molar-refractivity contribution in [1.29, 1.82) is 0 Å². The van der Waals surface area contributed by atoms with Crippen molar-refractivity contribution < 1.29 is 9.50 Å². The van der Waals surface area contributed by atoms with Crippen LogP contribution >= 0.6 is 0 Å². The summed E-state index contributed by atoms with van der Waals surface area (Å²) in [6.45, 7) is 3.32. The summed E-state index contributed by atoms with van der Waals surface area (Å²) in [5, 5.41) is 10.8. The summed E-state index contributed by atoms with van der Waals surface area (Å²) in [6.07, 6.45) is 6.26. The van der Waals surface area contributed by atoms with Crippen molar-refractivity contribution in [2.24, 2.45) is 11.8 Å². The zero-order valence-corrected chi connectivity index (χ0v) is 10.6. The molecule has 18 heavy (non-hydrogen) atoms. The molecule has 2 heterocycles. The molecule has 1 saturated carbocycles. The van der Waals surface area contributed by atoms with Crippen molar-refractivity contribution in [3.8, 4) is 0 Å². The molecule has 98 valence electrons. The lowest BCUT2D eigenvalue weighted by molar-refractivity contribution is -0.0615. The number of rotatable bonds is 2. The SMILES string of the molecule is C[C@@H]1CN(c2ccncc2F)C[C@@]1(O)C1CCC1. The number of anilines is 1. The molecule has 0 radical (unpaired) electrons. The summed E-state index contributed by atoms with van der Waals surface area (Å²) in [6, 6.07) is 1.69. The molecule has 2 aliphatic rings. The molecule has 3 rings (SSSR count). The van der Waals surface area contributed by atoms with E-state index in [9.17, 15) is 9.50 Å². The molecule has 0 aromatic carbocycles. The van der Waals surface area contributed by atoms with Crippen molar-refractivity contribution >= 4 is 5.69 Å². The van der Waals surface area contributed by atoms with Gasteiger partial charge in [-0.05, 0) is 24.8 Å². The number of β-amino-alcohol motifs (C(OH)–C–C–N with tert-alkyl or cyclic N) is 1. The van der Waals surface area contributed by atoms with Crippen LogP contribution < -0.4 is 4.90 Å². The minimum atomic E-state index is -0.645. The standard InChI is InChI=1S/C14H19FN2O/c1-10-8-17(13-5-6-16-7-12(13)15)9-14(10,18)11-3-2-4-11/h5-7,10-11,18H,2-4,8-9H2,1H3/t10-,14+/m1/s1. The van der Waals surface area contributed by atoms with E-state index in [2.05, 4.69) is 11.9 Å². The normalized spacial score (nSPS) is 32.6. The van der Waals surface area contributed by atoms with Gasteiger partial charge in [-0.15, -0.1) is 0 Å². The van der Waals surface area contributed by atoms with Crippen LogP contribution in [0.25, 0.3) is 0 Å². The minimum Gasteiger partial charge on any atom is -0.387 e. The number of aromatic nitrogens is 1. The first kappa shape index (κ1) is 11.9. The van der Waals surface area contributed by atoms with Gasteiger partial charge < -0.3 is 10.0 Å². The third-order valence-corrected chi connectivity index (χ3v) is 4.70. The lowest BCUT2D eigenvalue weighted by Gasteiger charge is -2.41. The zero-order chi connectivity index (χ0) is 12.8. The Bertz CT molecular complexity index is 449. The van der Waals surface area contributed by atoms with Crippen molar-refractivity contribution in [3.63, 3.8) is 0 Å². The molecule has 1 saturated heterocycles. The van der Waals surface area contributed by atoms with Gasteiger partial charge in [0.25, 0.3) is 0 Å². The Morgan fingerprint density at radius 2 is 2.28 bits per heavy atom. The zero-order valence-electron chi connectivity index (χ0n) is 10.6. The molecule has 1 aliphatic carbocycles. The Balaban J connectivity index is 1.83. The average Bonchev–Trinajstić information content (AvgIpc) is 2.53. The van der Waals surface area contributed by atoms with Gasteiger partial charge in [-0.1, -0.05) is 13.3 Å². The van der Waals surface area contributed by atoms with Gasteiger partial charge in [0.15, 0.2) is 5.82 Å². The Morgan fingerprint density at radius 1 is 1.50 bits per heavy atom. The van der Waals surface area contributed by atoms with E-state index in [-0.39, 0.29) is 11.7 Å². The van der Waals surface area contributed by atoms with Gasteiger partial charge in [-0.2, -0.15) is 0 Å². The molecule has 0 amide bonds. The third-order valence-electron chi connectivity index (χ3n) is 4.70. The van der Waals surface area contributed by atoms with Crippen molar-refractivity contribution in [2.75, 3.05) is 18.0 Å². The Kier molecular flexibility index (Phi) is 2.77. The number of pyridine rings is 1. The first-order valence-electron chi connectivity index (χ1n) is 6.68. The maximum absolute atomic E-state index is 13.7. The van der Waals surface area contributed by atoms with Gasteiger partial charge in [0.2, 0.25) is 0 Å². The summed E-state index contributed by atoms with van der Waals surface area (Å²) < 4.78 is 13.7. The summed E-state index contributed by atoms with van der Waals surface area (Å²) in [7, 11) is 0. The summed E-state index contributed by atoms with van der Waals surface area (Å²) in [5.74, 6) is 0.278. The van der Waals surface area contributed by atoms with Crippen LogP contribution in [-0.4, -0.2) is 28.8 Å². The van der Waals surface area contributed by atoms with Crippen molar-refractivity contribution in [1.82, 2.24) is 4.98 Å².